The standard InChI is InChI=1S/C14H17NO6S/c1-10-5-7-11(8-6-10)22(18,19)15(2)9-12(13(16)20-3)14(17)21-4/h5-9H,1-4H3. The van der Waals surface area contributed by atoms with Crippen molar-refractivity contribution in [2.75, 3.05) is 21.3 Å². The molecule has 7 nitrogen and oxygen atoms in total. The number of esters is 2. The molecule has 1 aromatic rings. The lowest BCUT2D eigenvalue weighted by atomic mass is 10.2. The third-order valence-electron chi connectivity index (χ3n) is 2.82. The van der Waals surface area contributed by atoms with Gasteiger partial charge in [0.25, 0.3) is 10.0 Å². The van der Waals surface area contributed by atoms with Crippen LogP contribution in [0.1, 0.15) is 5.56 Å². The zero-order chi connectivity index (χ0) is 16.9. The van der Waals surface area contributed by atoms with Crippen molar-refractivity contribution in [3.63, 3.8) is 0 Å². The molecule has 0 N–H and O–H groups in total. The maximum Gasteiger partial charge on any atom is 0.346 e. The van der Waals surface area contributed by atoms with E-state index in [0.717, 1.165) is 30.3 Å². The SMILES string of the molecule is COC(=O)C(=CN(C)S(=O)(=O)c1ccc(C)cc1)C(=O)OC. The number of ether oxygens (including phenoxy) is 2. The molecule has 0 bridgehead atoms. The van der Waals surface area contributed by atoms with E-state index in [1.807, 2.05) is 6.92 Å². The van der Waals surface area contributed by atoms with Crippen LogP contribution in [0.25, 0.3) is 0 Å². The lowest BCUT2D eigenvalue weighted by Gasteiger charge is -2.16. The van der Waals surface area contributed by atoms with Crippen LogP contribution in [0.5, 0.6) is 0 Å². The van der Waals surface area contributed by atoms with Crippen molar-refractivity contribution in [3.05, 3.63) is 41.6 Å². The maximum absolute atomic E-state index is 12.4. The number of sulfonamides is 1. The molecule has 1 rings (SSSR count). The molecule has 0 fully saturated rings. The minimum atomic E-state index is -3.89. The molecule has 0 heterocycles. The first-order valence-corrected chi connectivity index (χ1v) is 7.61. The second kappa shape index (κ2) is 7.08. The van der Waals surface area contributed by atoms with Crippen molar-refractivity contribution >= 4 is 22.0 Å². The molecule has 0 saturated heterocycles. The summed E-state index contributed by atoms with van der Waals surface area (Å²) in [4.78, 5) is 23.1. The monoisotopic (exact) mass is 327 g/mol. The van der Waals surface area contributed by atoms with E-state index in [2.05, 4.69) is 9.47 Å². The van der Waals surface area contributed by atoms with Crippen LogP contribution in [0.4, 0.5) is 0 Å². The van der Waals surface area contributed by atoms with Crippen molar-refractivity contribution in [1.82, 2.24) is 4.31 Å². The number of hydrogen-bond acceptors (Lipinski definition) is 6. The Morgan fingerprint density at radius 1 is 1.05 bits per heavy atom. The fourth-order valence-corrected chi connectivity index (χ4v) is 2.59. The fourth-order valence-electron chi connectivity index (χ4n) is 1.54. The second-order valence-electron chi connectivity index (χ2n) is 4.36. The first-order chi connectivity index (χ1) is 10.2. The van der Waals surface area contributed by atoms with Crippen LogP contribution in [0, 0.1) is 6.92 Å². The van der Waals surface area contributed by atoms with Crippen molar-refractivity contribution in [3.8, 4) is 0 Å². The van der Waals surface area contributed by atoms with E-state index in [9.17, 15) is 18.0 Å². The van der Waals surface area contributed by atoms with Crippen molar-refractivity contribution in [2.45, 2.75) is 11.8 Å². The Kier molecular flexibility index (Phi) is 5.69. The Hall–Kier alpha value is -2.35. The first-order valence-electron chi connectivity index (χ1n) is 6.17. The maximum atomic E-state index is 12.4. The number of benzene rings is 1. The van der Waals surface area contributed by atoms with Crippen LogP contribution in [-0.2, 0) is 29.1 Å². The number of methoxy groups -OCH3 is 2. The highest BCUT2D eigenvalue weighted by molar-refractivity contribution is 7.89. The molecule has 1 aromatic carbocycles. The number of aryl methyl sites for hydroxylation is 1. The van der Waals surface area contributed by atoms with Crippen LogP contribution >= 0.6 is 0 Å². The highest BCUT2D eigenvalue weighted by Crippen LogP contribution is 2.16. The van der Waals surface area contributed by atoms with E-state index in [-0.39, 0.29) is 4.90 Å². The Morgan fingerprint density at radius 2 is 1.50 bits per heavy atom. The average molecular weight is 327 g/mol. The number of hydrogen-bond donors (Lipinski definition) is 0. The van der Waals surface area contributed by atoms with E-state index >= 15 is 0 Å². The molecule has 0 saturated carbocycles. The summed E-state index contributed by atoms with van der Waals surface area (Å²) in [6, 6.07) is 6.16. The van der Waals surface area contributed by atoms with Gasteiger partial charge in [-0.25, -0.2) is 18.0 Å². The molecule has 0 unspecified atom stereocenters. The molecular formula is C14H17NO6S. The van der Waals surface area contributed by atoms with Crippen LogP contribution in [-0.4, -0.2) is 45.9 Å². The summed E-state index contributed by atoms with van der Waals surface area (Å²) >= 11 is 0. The van der Waals surface area contributed by atoms with Gasteiger partial charge in [-0.3, -0.25) is 4.31 Å². The summed E-state index contributed by atoms with van der Waals surface area (Å²) in [5.74, 6) is -1.98. The number of nitrogens with zero attached hydrogens (tertiary/aromatic N) is 1. The number of carbonyl (C=O) groups is 2. The zero-order valence-electron chi connectivity index (χ0n) is 12.7. The minimum Gasteiger partial charge on any atom is -0.465 e. The van der Waals surface area contributed by atoms with Gasteiger partial charge in [0.15, 0.2) is 5.57 Å². The fraction of sp³-hybridized carbons (Fsp3) is 0.286. The number of rotatable bonds is 5. The third kappa shape index (κ3) is 3.85. The highest BCUT2D eigenvalue weighted by atomic mass is 32.2. The van der Waals surface area contributed by atoms with E-state index in [1.165, 1.54) is 19.2 Å². The molecule has 0 aromatic heterocycles. The predicted molar refractivity (Wildman–Crippen MR) is 78.2 cm³/mol. The quantitative estimate of drug-likeness (QED) is 0.345. The van der Waals surface area contributed by atoms with Gasteiger partial charge < -0.3 is 9.47 Å². The molecule has 8 heteroatoms. The van der Waals surface area contributed by atoms with E-state index in [4.69, 9.17) is 0 Å². The average Bonchev–Trinajstić information content (AvgIpc) is 2.51. The highest BCUT2D eigenvalue weighted by Gasteiger charge is 2.25. The third-order valence-corrected chi connectivity index (χ3v) is 4.55. The summed E-state index contributed by atoms with van der Waals surface area (Å²) in [6.45, 7) is 1.83. The first kappa shape index (κ1) is 17.7. The summed E-state index contributed by atoms with van der Waals surface area (Å²) in [7, 11) is -0.530. The Labute approximate surface area is 129 Å². The predicted octanol–water partition coefficient (Wildman–Crippen LogP) is 0.845. The Bertz CT molecular complexity index is 673. The molecule has 22 heavy (non-hydrogen) atoms. The summed E-state index contributed by atoms with van der Waals surface area (Å²) in [5.41, 5.74) is 0.380. The smallest absolute Gasteiger partial charge is 0.346 e. The summed E-state index contributed by atoms with van der Waals surface area (Å²) in [5, 5.41) is 0. The van der Waals surface area contributed by atoms with Gasteiger partial charge >= 0.3 is 11.9 Å². The molecule has 0 aliphatic heterocycles. The van der Waals surface area contributed by atoms with E-state index in [1.54, 1.807) is 12.1 Å². The normalized spacial score (nSPS) is 10.5. The van der Waals surface area contributed by atoms with Gasteiger partial charge in [-0.05, 0) is 19.1 Å². The summed E-state index contributed by atoms with van der Waals surface area (Å²) in [6.07, 6.45) is 0.868. The summed E-state index contributed by atoms with van der Waals surface area (Å²) < 4.78 is 34.4. The Morgan fingerprint density at radius 3 is 1.91 bits per heavy atom. The van der Waals surface area contributed by atoms with Crippen molar-refractivity contribution < 1.29 is 27.5 Å². The Balaban J connectivity index is 3.23. The molecule has 120 valence electrons. The van der Waals surface area contributed by atoms with Crippen LogP contribution < -0.4 is 0 Å². The molecule has 0 aliphatic rings. The lowest BCUT2D eigenvalue weighted by molar-refractivity contribution is -0.144. The molecular weight excluding hydrogens is 310 g/mol. The topological polar surface area (TPSA) is 90.0 Å². The van der Waals surface area contributed by atoms with Gasteiger partial charge in [0.1, 0.15) is 0 Å². The van der Waals surface area contributed by atoms with Gasteiger partial charge in [-0.15, -0.1) is 0 Å². The minimum absolute atomic E-state index is 0.0333. The van der Waals surface area contributed by atoms with Gasteiger partial charge in [0.2, 0.25) is 0 Å². The molecule has 0 aliphatic carbocycles. The van der Waals surface area contributed by atoms with E-state index in [0.29, 0.717) is 0 Å². The molecule has 0 atom stereocenters. The lowest BCUT2D eigenvalue weighted by Crippen LogP contribution is -2.25. The molecule has 0 spiro atoms. The molecule has 0 amide bonds. The van der Waals surface area contributed by atoms with Gasteiger partial charge in [-0.2, -0.15) is 0 Å². The number of carbonyl (C=O) groups excluding carboxylic acids is 2. The van der Waals surface area contributed by atoms with Gasteiger partial charge in [-0.1, -0.05) is 17.7 Å². The van der Waals surface area contributed by atoms with Crippen molar-refractivity contribution in [2.24, 2.45) is 0 Å². The van der Waals surface area contributed by atoms with E-state index < -0.39 is 27.5 Å². The van der Waals surface area contributed by atoms with Crippen LogP contribution in [0.2, 0.25) is 0 Å². The van der Waals surface area contributed by atoms with Crippen molar-refractivity contribution in [1.29, 1.82) is 0 Å². The van der Waals surface area contributed by atoms with Gasteiger partial charge in [0, 0.05) is 13.2 Å². The van der Waals surface area contributed by atoms with Crippen LogP contribution in [0.15, 0.2) is 40.9 Å². The van der Waals surface area contributed by atoms with Crippen LogP contribution in [0.3, 0.4) is 0 Å². The molecule has 0 radical (unpaired) electrons. The second-order valence-corrected chi connectivity index (χ2v) is 6.36. The largest absolute Gasteiger partial charge is 0.465 e. The van der Waals surface area contributed by atoms with Gasteiger partial charge in [0.05, 0.1) is 19.1 Å². The zero-order valence-corrected chi connectivity index (χ0v) is 13.5.